The Morgan fingerprint density at radius 1 is 1.25 bits per heavy atom. The molecule has 1 N–H and O–H groups in total. The van der Waals surface area contributed by atoms with E-state index in [-0.39, 0.29) is 12.5 Å². The number of benzene rings is 1. The highest BCUT2D eigenvalue weighted by Gasteiger charge is 2.44. The number of aromatic nitrogens is 1. The van der Waals surface area contributed by atoms with E-state index in [1.54, 1.807) is 19.2 Å². The molecule has 1 aromatic carbocycles. The molecular weight excluding hydrogens is 391 g/mol. The first kappa shape index (κ1) is 20.2. The summed E-state index contributed by atoms with van der Waals surface area (Å²) in [6.45, 7) is 0.230. The van der Waals surface area contributed by atoms with E-state index in [1.165, 1.54) is 22.7 Å². The molecule has 2 heterocycles. The van der Waals surface area contributed by atoms with Gasteiger partial charge in [0.1, 0.15) is 11.6 Å². The summed E-state index contributed by atoms with van der Waals surface area (Å²) >= 11 is 1.46. The van der Waals surface area contributed by atoms with Crippen LogP contribution in [0.1, 0.15) is 17.2 Å². The molecule has 1 aliphatic heterocycles. The van der Waals surface area contributed by atoms with Crippen LogP contribution in [0.15, 0.2) is 47.5 Å². The summed E-state index contributed by atoms with van der Waals surface area (Å²) in [7, 11) is 1.57. The first-order chi connectivity index (χ1) is 13.2. The van der Waals surface area contributed by atoms with Crippen molar-refractivity contribution in [1.82, 2.24) is 9.88 Å². The topological polar surface area (TPSA) is 62.3 Å². The molecule has 3 rings (SSSR count). The molecule has 0 spiro atoms. The first-order valence-electron chi connectivity index (χ1n) is 8.44. The molecule has 148 valence electrons. The van der Waals surface area contributed by atoms with Crippen molar-refractivity contribution in [2.45, 2.75) is 17.0 Å². The molecule has 0 radical (unpaired) electrons. The van der Waals surface area contributed by atoms with E-state index >= 15 is 0 Å². The fourth-order valence-corrected chi connectivity index (χ4v) is 3.80. The highest BCUT2D eigenvalue weighted by Crippen LogP contribution is 2.36. The van der Waals surface area contributed by atoms with Crippen molar-refractivity contribution in [3.05, 3.63) is 53.9 Å². The van der Waals surface area contributed by atoms with E-state index in [2.05, 4.69) is 10.3 Å². The Kier molecular flexibility index (Phi) is 5.64. The zero-order valence-corrected chi connectivity index (χ0v) is 16.0. The van der Waals surface area contributed by atoms with Crippen molar-refractivity contribution in [3.63, 3.8) is 0 Å². The van der Waals surface area contributed by atoms with Crippen LogP contribution in [0.4, 0.5) is 18.9 Å². The lowest BCUT2D eigenvalue weighted by Crippen LogP contribution is -2.32. The number of pyridine rings is 1. The highest BCUT2D eigenvalue weighted by molar-refractivity contribution is 7.98. The van der Waals surface area contributed by atoms with Crippen molar-refractivity contribution in [3.8, 4) is 0 Å². The molecule has 1 fully saturated rings. The van der Waals surface area contributed by atoms with Crippen LogP contribution in [0, 0.1) is 5.92 Å². The van der Waals surface area contributed by atoms with Crippen LogP contribution in [0.5, 0.6) is 0 Å². The van der Waals surface area contributed by atoms with Gasteiger partial charge in [0.2, 0.25) is 11.8 Å². The highest BCUT2D eigenvalue weighted by atomic mass is 32.2. The second-order valence-corrected chi connectivity index (χ2v) is 7.32. The lowest BCUT2D eigenvalue weighted by molar-refractivity contribution is -0.141. The third-order valence-corrected chi connectivity index (χ3v) is 5.46. The molecule has 1 saturated heterocycles. The quantitative estimate of drug-likeness (QED) is 0.619. The van der Waals surface area contributed by atoms with Crippen molar-refractivity contribution in [2.24, 2.45) is 5.92 Å². The maximum atomic E-state index is 12.9. The number of hydrogen-bond donors (Lipinski definition) is 1. The number of hydrogen-bond acceptors (Lipinski definition) is 4. The fraction of sp³-hybridized carbons (Fsp3) is 0.316. The van der Waals surface area contributed by atoms with E-state index < -0.39 is 29.6 Å². The summed E-state index contributed by atoms with van der Waals surface area (Å²) < 4.78 is 38.2. The van der Waals surface area contributed by atoms with Crippen LogP contribution < -0.4 is 5.32 Å². The summed E-state index contributed by atoms with van der Waals surface area (Å²) in [4.78, 5) is 31.2. The molecule has 2 aromatic rings. The van der Waals surface area contributed by atoms with E-state index in [0.717, 1.165) is 17.2 Å². The Labute approximate surface area is 164 Å². The lowest BCUT2D eigenvalue weighted by Gasteiger charge is -2.18. The van der Waals surface area contributed by atoms with Gasteiger partial charge in [-0.25, -0.2) is 0 Å². The van der Waals surface area contributed by atoms with Gasteiger partial charge in [-0.2, -0.15) is 13.2 Å². The Morgan fingerprint density at radius 3 is 2.57 bits per heavy atom. The van der Waals surface area contributed by atoms with Gasteiger partial charge in [0.25, 0.3) is 0 Å². The van der Waals surface area contributed by atoms with Crippen LogP contribution in [0.25, 0.3) is 0 Å². The summed E-state index contributed by atoms with van der Waals surface area (Å²) in [6, 6.07) is 9.35. The smallest absolute Gasteiger partial charge is 0.344 e. The van der Waals surface area contributed by atoms with Gasteiger partial charge in [0.05, 0.1) is 5.69 Å². The van der Waals surface area contributed by atoms with Gasteiger partial charge >= 0.3 is 6.18 Å². The fourth-order valence-electron chi connectivity index (χ4n) is 3.24. The maximum Gasteiger partial charge on any atom is 0.433 e. The second-order valence-electron chi connectivity index (χ2n) is 6.47. The molecule has 5 nitrogen and oxygen atoms in total. The summed E-state index contributed by atoms with van der Waals surface area (Å²) in [5, 5.41) is 2.78. The van der Waals surface area contributed by atoms with Crippen LogP contribution in [0.3, 0.4) is 0 Å². The van der Waals surface area contributed by atoms with Gasteiger partial charge < -0.3 is 10.2 Å². The van der Waals surface area contributed by atoms with Crippen LogP contribution in [0.2, 0.25) is 0 Å². The van der Waals surface area contributed by atoms with Crippen molar-refractivity contribution >= 4 is 29.3 Å². The molecule has 0 saturated carbocycles. The molecule has 0 bridgehead atoms. The van der Waals surface area contributed by atoms with E-state index in [1.807, 2.05) is 18.4 Å². The number of halogens is 3. The minimum absolute atomic E-state index is 0.230. The molecule has 2 atom stereocenters. The number of alkyl halides is 3. The monoisotopic (exact) mass is 409 g/mol. The minimum Gasteiger partial charge on any atom is -0.344 e. The first-order valence-corrected chi connectivity index (χ1v) is 9.67. The number of carbonyl (C=O) groups is 2. The maximum absolute atomic E-state index is 12.9. The number of anilines is 1. The number of likely N-dealkylation sites (tertiary alicyclic amines) is 1. The molecule has 0 unspecified atom stereocenters. The number of nitrogens with zero attached hydrogens (tertiary/aromatic N) is 2. The normalized spacial score (nSPS) is 19.8. The second kappa shape index (κ2) is 7.83. The number of rotatable bonds is 4. The van der Waals surface area contributed by atoms with Crippen LogP contribution >= 0.6 is 11.8 Å². The summed E-state index contributed by atoms with van der Waals surface area (Å²) in [6.07, 6.45) is -1.58. The van der Waals surface area contributed by atoms with Crippen molar-refractivity contribution in [2.75, 3.05) is 25.2 Å². The molecular formula is C19H18F3N3O2S. The lowest BCUT2D eigenvalue weighted by atomic mass is 9.88. The van der Waals surface area contributed by atoms with E-state index in [4.69, 9.17) is 0 Å². The van der Waals surface area contributed by atoms with Gasteiger partial charge in [0.15, 0.2) is 0 Å². The predicted molar refractivity (Wildman–Crippen MR) is 100.0 cm³/mol. The molecule has 1 aromatic heterocycles. The summed E-state index contributed by atoms with van der Waals surface area (Å²) in [5.74, 6) is -2.46. The van der Waals surface area contributed by atoms with E-state index in [9.17, 15) is 22.8 Å². The average Bonchev–Trinajstić information content (AvgIpc) is 2.96. The number of nitrogens with one attached hydrogen (secondary N) is 1. The van der Waals surface area contributed by atoms with Crippen LogP contribution in [-0.2, 0) is 15.8 Å². The predicted octanol–water partition coefficient (Wildman–Crippen LogP) is 3.63. The summed E-state index contributed by atoms with van der Waals surface area (Å²) in [5.41, 5.74) is -0.000485. The minimum atomic E-state index is -4.54. The Morgan fingerprint density at radius 2 is 1.96 bits per heavy atom. The Balaban J connectivity index is 1.87. The molecule has 9 heteroatoms. The van der Waals surface area contributed by atoms with Crippen molar-refractivity contribution in [1.29, 1.82) is 0 Å². The van der Waals surface area contributed by atoms with Crippen LogP contribution in [-0.4, -0.2) is 41.5 Å². The zero-order chi connectivity index (χ0) is 20.5. The largest absolute Gasteiger partial charge is 0.433 e. The number of para-hydroxylation sites is 1. The molecule has 1 aliphatic rings. The van der Waals surface area contributed by atoms with Gasteiger partial charge in [-0.1, -0.05) is 18.2 Å². The van der Waals surface area contributed by atoms with E-state index in [0.29, 0.717) is 11.3 Å². The third kappa shape index (κ3) is 3.99. The number of carbonyl (C=O) groups excluding carboxylic acids is 2. The number of likely N-dealkylation sites (N-methyl/N-ethyl adjacent to an activating group) is 1. The van der Waals surface area contributed by atoms with Gasteiger partial charge in [-0.15, -0.1) is 11.8 Å². The Hall–Kier alpha value is -2.55. The standard InChI is InChI=1S/C19H18F3N3O2S/c1-25-10-12(11-7-8-15(23-9-11)19(20,21)22)16(18(25)27)17(26)24-13-5-3-4-6-14(13)28-2/h3-9,12,16H,10H2,1-2H3,(H,24,26)/t12-,16+/m1/s1. The zero-order valence-electron chi connectivity index (χ0n) is 15.2. The molecule has 28 heavy (non-hydrogen) atoms. The third-order valence-electron chi connectivity index (χ3n) is 4.67. The number of amides is 2. The number of thioether (sulfide) groups is 1. The Bertz CT molecular complexity index is 887. The average molecular weight is 409 g/mol. The van der Waals surface area contributed by atoms with Gasteiger partial charge in [0, 0.05) is 30.6 Å². The molecule has 2 amide bonds. The van der Waals surface area contributed by atoms with Crippen molar-refractivity contribution < 1.29 is 22.8 Å². The van der Waals surface area contributed by atoms with Gasteiger partial charge in [-0.3, -0.25) is 14.6 Å². The van der Waals surface area contributed by atoms with Gasteiger partial charge in [-0.05, 0) is 30.0 Å². The molecule has 0 aliphatic carbocycles. The SMILES string of the molecule is CSc1ccccc1NC(=O)[C@H]1C(=O)N(C)C[C@@H]1c1ccc(C(F)(F)F)nc1.